The molecule has 1 unspecified atom stereocenters. The average Bonchev–Trinajstić information content (AvgIpc) is 2.46. The molecule has 0 aliphatic carbocycles. The van der Waals surface area contributed by atoms with E-state index in [1.807, 2.05) is 30.3 Å². The second-order valence-corrected chi connectivity index (χ2v) is 9.07. The number of rotatable bonds is 2. The van der Waals surface area contributed by atoms with Gasteiger partial charge in [-0.15, -0.1) is 4.55 Å². The molecule has 0 aromatic heterocycles. The van der Waals surface area contributed by atoms with E-state index in [-0.39, 0.29) is 10.8 Å². The summed E-state index contributed by atoms with van der Waals surface area (Å²) in [6.07, 6.45) is 0. The Morgan fingerprint density at radius 3 is 1.70 bits per heavy atom. The van der Waals surface area contributed by atoms with E-state index in [1.54, 1.807) is 0 Å². The molecule has 0 heterocycles. The molecule has 2 rings (SSSR count). The van der Waals surface area contributed by atoms with Crippen LogP contribution in [0.2, 0.25) is 0 Å². The van der Waals surface area contributed by atoms with E-state index in [4.69, 9.17) is 0 Å². The average molecular weight is 329 g/mol. The van der Waals surface area contributed by atoms with Crippen LogP contribution in [0.4, 0.5) is 5.69 Å². The smallest absolute Gasteiger partial charge is 0.105 e. The molecule has 0 N–H and O–H groups in total. The van der Waals surface area contributed by atoms with Crippen molar-refractivity contribution in [1.82, 2.24) is 0 Å². The van der Waals surface area contributed by atoms with Crippen LogP contribution in [0.5, 0.6) is 0 Å². The van der Waals surface area contributed by atoms with Gasteiger partial charge in [-0.25, -0.2) is 0 Å². The van der Waals surface area contributed by atoms with Gasteiger partial charge in [0.15, 0.2) is 0 Å². The maximum Gasteiger partial charge on any atom is 0.105 e. The van der Waals surface area contributed by atoms with Crippen LogP contribution in [-0.2, 0) is 26.4 Å². The molecule has 0 fully saturated rings. The molecular weight excluding hydrogens is 302 g/mol. The highest BCUT2D eigenvalue weighted by Crippen LogP contribution is 2.33. The molecule has 0 spiro atoms. The quantitative estimate of drug-likeness (QED) is 0.636. The summed E-state index contributed by atoms with van der Waals surface area (Å²) in [5, 5.41) is 0. The van der Waals surface area contributed by atoms with Crippen LogP contribution in [-0.4, -0.2) is 0 Å². The summed E-state index contributed by atoms with van der Waals surface area (Å²) < 4.78 is 16.9. The number of benzene rings is 2. The molecule has 0 saturated carbocycles. The molecule has 1 atom stereocenters. The van der Waals surface area contributed by atoms with Crippen LogP contribution in [0, 0.1) is 0 Å². The van der Waals surface area contributed by atoms with Crippen molar-refractivity contribution in [2.45, 2.75) is 57.3 Å². The van der Waals surface area contributed by atoms with Crippen LogP contribution in [0.25, 0.3) is 0 Å². The lowest BCUT2D eigenvalue weighted by molar-refractivity contribution is 0.518. The van der Waals surface area contributed by atoms with E-state index in [2.05, 4.69) is 64.1 Å². The van der Waals surface area contributed by atoms with Crippen LogP contribution in [0.3, 0.4) is 0 Å². The Labute approximate surface area is 142 Å². The Kier molecular flexibility index (Phi) is 5.12. The minimum absolute atomic E-state index is 0.0275. The van der Waals surface area contributed by atoms with Crippen molar-refractivity contribution in [2.75, 3.05) is 0 Å². The summed E-state index contributed by atoms with van der Waals surface area (Å²) in [4.78, 5) is 0.728. The van der Waals surface area contributed by atoms with Gasteiger partial charge in [-0.1, -0.05) is 65.8 Å². The lowest BCUT2D eigenvalue weighted by atomic mass is 9.80. The Hall–Kier alpha value is -1.45. The normalized spacial score (nSPS) is 14.0. The van der Waals surface area contributed by atoms with Crippen LogP contribution in [0.15, 0.2) is 57.8 Å². The van der Waals surface area contributed by atoms with E-state index in [9.17, 15) is 4.55 Å². The van der Waals surface area contributed by atoms with Gasteiger partial charge < -0.3 is 0 Å². The zero-order chi connectivity index (χ0) is 17.3. The van der Waals surface area contributed by atoms with Gasteiger partial charge in [-0.3, -0.25) is 0 Å². The van der Waals surface area contributed by atoms with E-state index in [0.29, 0.717) is 0 Å². The number of hydrogen-bond acceptors (Lipinski definition) is 1. The van der Waals surface area contributed by atoms with Gasteiger partial charge in [-0.05, 0) is 46.2 Å². The largest absolute Gasteiger partial charge is 0.195 e. The van der Waals surface area contributed by atoms with Crippen molar-refractivity contribution in [3.05, 3.63) is 59.7 Å². The third-order valence-electron chi connectivity index (χ3n) is 3.78. The SMILES string of the molecule is CC(C)(C)c1cc(N=S([O])c2ccccc2)cc(C(C)(C)C)c1. The third kappa shape index (κ3) is 4.76. The predicted molar refractivity (Wildman–Crippen MR) is 98.7 cm³/mol. The zero-order valence-electron chi connectivity index (χ0n) is 14.9. The van der Waals surface area contributed by atoms with Crippen LogP contribution in [0.1, 0.15) is 52.7 Å². The summed E-state index contributed by atoms with van der Waals surface area (Å²) >= 11 is 0. The predicted octanol–water partition coefficient (Wildman–Crippen LogP) is 6.12. The molecule has 2 aromatic rings. The Bertz CT molecular complexity index is 674. The first kappa shape index (κ1) is 17.9. The van der Waals surface area contributed by atoms with Gasteiger partial charge in [-0.2, -0.15) is 4.36 Å². The van der Waals surface area contributed by atoms with E-state index in [1.165, 1.54) is 11.1 Å². The summed E-state index contributed by atoms with van der Waals surface area (Å²) in [5.41, 5.74) is 3.27. The standard InChI is InChI=1S/C20H26NOS/c1-19(2,3)15-12-16(20(4,5)6)14-17(13-15)21-23(22)18-10-8-7-9-11-18/h7-14H,1-6H3. The third-order valence-corrected chi connectivity index (χ3v) is 4.84. The van der Waals surface area contributed by atoms with Crippen molar-refractivity contribution in [1.29, 1.82) is 0 Å². The molecule has 23 heavy (non-hydrogen) atoms. The summed E-state index contributed by atoms with van der Waals surface area (Å²) in [7, 11) is -1.38. The molecule has 0 saturated heterocycles. The van der Waals surface area contributed by atoms with Crippen LogP contribution < -0.4 is 0 Å². The van der Waals surface area contributed by atoms with Crippen LogP contribution >= 0.6 is 0 Å². The number of hydrogen-bond donors (Lipinski definition) is 0. The van der Waals surface area contributed by atoms with E-state index in [0.717, 1.165) is 10.6 Å². The van der Waals surface area contributed by atoms with Gasteiger partial charge >= 0.3 is 0 Å². The second kappa shape index (κ2) is 6.58. The first-order chi connectivity index (χ1) is 10.6. The Morgan fingerprint density at radius 1 is 0.783 bits per heavy atom. The lowest BCUT2D eigenvalue weighted by Gasteiger charge is -2.25. The van der Waals surface area contributed by atoms with Gasteiger partial charge in [0, 0.05) is 4.90 Å². The fourth-order valence-corrected chi connectivity index (χ4v) is 3.01. The first-order valence-corrected chi connectivity index (χ1v) is 9.03. The van der Waals surface area contributed by atoms with Crippen molar-refractivity contribution in [3.8, 4) is 0 Å². The molecule has 0 aliphatic heterocycles. The first-order valence-electron chi connectivity index (χ1n) is 7.92. The molecule has 0 bridgehead atoms. The fraction of sp³-hybridized carbons (Fsp3) is 0.400. The summed E-state index contributed by atoms with van der Waals surface area (Å²) in [5.74, 6) is 0. The van der Waals surface area contributed by atoms with E-state index >= 15 is 0 Å². The topological polar surface area (TPSA) is 32.3 Å². The van der Waals surface area contributed by atoms with Gasteiger partial charge in [0.2, 0.25) is 0 Å². The van der Waals surface area contributed by atoms with Gasteiger partial charge in [0.25, 0.3) is 0 Å². The molecule has 3 heteroatoms. The Balaban J connectivity index is 2.54. The van der Waals surface area contributed by atoms with Crippen molar-refractivity contribution < 1.29 is 4.55 Å². The number of nitrogens with zero attached hydrogens (tertiary/aromatic N) is 1. The maximum atomic E-state index is 12.5. The summed E-state index contributed by atoms with van der Waals surface area (Å²) in [6, 6.07) is 15.7. The molecule has 0 aliphatic rings. The maximum absolute atomic E-state index is 12.5. The monoisotopic (exact) mass is 328 g/mol. The van der Waals surface area contributed by atoms with Gasteiger partial charge in [0.05, 0.1) is 5.69 Å². The van der Waals surface area contributed by atoms with Crippen molar-refractivity contribution in [2.24, 2.45) is 4.36 Å². The molecule has 0 amide bonds. The highest BCUT2D eigenvalue weighted by molar-refractivity contribution is 7.81. The Morgan fingerprint density at radius 2 is 1.26 bits per heavy atom. The van der Waals surface area contributed by atoms with Gasteiger partial charge in [0.1, 0.15) is 11.0 Å². The van der Waals surface area contributed by atoms with Crippen molar-refractivity contribution >= 4 is 16.7 Å². The fourth-order valence-electron chi connectivity index (χ4n) is 2.22. The van der Waals surface area contributed by atoms with Crippen molar-refractivity contribution in [3.63, 3.8) is 0 Å². The molecule has 123 valence electrons. The summed E-state index contributed by atoms with van der Waals surface area (Å²) in [6.45, 7) is 13.1. The molecule has 1 radical (unpaired) electrons. The second-order valence-electron chi connectivity index (χ2n) is 7.92. The zero-order valence-corrected chi connectivity index (χ0v) is 15.7. The molecule has 2 aromatic carbocycles. The minimum Gasteiger partial charge on any atom is -0.195 e. The van der Waals surface area contributed by atoms with E-state index < -0.39 is 11.0 Å². The highest BCUT2D eigenvalue weighted by Gasteiger charge is 2.20. The molecular formula is C20H26NOS. The molecule has 2 nitrogen and oxygen atoms in total. The minimum atomic E-state index is -1.38. The lowest BCUT2D eigenvalue weighted by Crippen LogP contribution is -2.16. The highest BCUT2D eigenvalue weighted by atomic mass is 32.2.